The lowest BCUT2D eigenvalue weighted by molar-refractivity contribution is -0.332. The minimum Gasteiger partial charge on any atom is -0.456 e. The van der Waals surface area contributed by atoms with E-state index in [0.717, 1.165) is 0 Å². The maximum atomic E-state index is 14.7. The first kappa shape index (κ1) is 34.9. The number of benzene rings is 2. The third-order valence-corrected chi connectivity index (χ3v) is 11.6. The van der Waals surface area contributed by atoms with Crippen LogP contribution in [0.2, 0.25) is 0 Å². The van der Waals surface area contributed by atoms with E-state index in [4.69, 9.17) is 18.9 Å². The summed E-state index contributed by atoms with van der Waals surface area (Å²) in [5.74, 6) is -4.17. The van der Waals surface area contributed by atoms with Gasteiger partial charge in [-0.1, -0.05) is 69.3 Å². The number of ether oxygens (including phenoxy) is 4. The highest BCUT2D eigenvalue weighted by Gasteiger charge is 2.76. The van der Waals surface area contributed by atoms with Gasteiger partial charge in [-0.2, -0.15) is 0 Å². The second-order valence-electron chi connectivity index (χ2n) is 14.7. The quantitative estimate of drug-likeness (QED) is 0.224. The van der Waals surface area contributed by atoms with E-state index in [1.807, 2.05) is 6.07 Å². The Morgan fingerprint density at radius 2 is 1.63 bits per heavy atom. The van der Waals surface area contributed by atoms with Gasteiger partial charge >= 0.3 is 17.9 Å². The van der Waals surface area contributed by atoms with Crippen LogP contribution in [0.3, 0.4) is 0 Å². The van der Waals surface area contributed by atoms with Crippen LogP contribution in [0.15, 0.2) is 71.8 Å². The molecule has 11 nitrogen and oxygen atoms in total. The molecule has 2 saturated carbocycles. The highest BCUT2D eigenvalue weighted by Crippen LogP contribution is 2.64. The van der Waals surface area contributed by atoms with Gasteiger partial charge in [0.2, 0.25) is 0 Å². The van der Waals surface area contributed by atoms with Gasteiger partial charge in [-0.05, 0) is 48.6 Å². The number of aliphatic hydroxyl groups excluding tert-OH is 2. The molecule has 11 heteroatoms. The van der Waals surface area contributed by atoms with Crippen LogP contribution in [0.5, 0.6) is 0 Å². The molecule has 6 rings (SSSR count). The zero-order valence-electron chi connectivity index (χ0n) is 28.4. The van der Waals surface area contributed by atoms with E-state index in [1.54, 1.807) is 82.3 Å². The number of aliphatic hydroxyl groups is 3. The summed E-state index contributed by atoms with van der Waals surface area (Å²) >= 11 is 0. The summed E-state index contributed by atoms with van der Waals surface area (Å²) in [5, 5.41) is 36.1. The number of Topliss-reactive ketones (excluding diaryl/α,β-unsaturated/α-hetero) is 1. The van der Waals surface area contributed by atoms with Gasteiger partial charge in [-0.25, -0.2) is 9.59 Å². The molecule has 1 aliphatic heterocycles. The van der Waals surface area contributed by atoms with E-state index in [1.165, 1.54) is 6.92 Å². The van der Waals surface area contributed by atoms with Crippen molar-refractivity contribution in [2.24, 2.45) is 16.7 Å². The molecule has 262 valence electrons. The van der Waals surface area contributed by atoms with Crippen LogP contribution < -0.4 is 0 Å². The Balaban J connectivity index is 1.50. The molecular weight excluding hydrogens is 632 g/mol. The van der Waals surface area contributed by atoms with Gasteiger partial charge in [0.05, 0.1) is 18.1 Å². The summed E-state index contributed by atoms with van der Waals surface area (Å²) < 4.78 is 24.1. The largest absolute Gasteiger partial charge is 0.456 e. The van der Waals surface area contributed by atoms with Crippen molar-refractivity contribution in [2.45, 2.75) is 102 Å². The standard InChI is InChI=1S/C38H44O11/c1-21-26(47-34(44)25(40)18-23-12-8-6-9-13-23)19-38(45)32(48-33(43)24-14-10-7-11-15-24)30-36(5,31(42)29(41)28(21)35(38,3)4)17-16-27-37(30,20-46-27)49-22(2)39/h6-15,25-27,29-30,32,40-41,45H,16-20H2,1-5H3/t25-,26?,27-,29-,30?,32+,36-,37+,38-/m1/s1. The zero-order valence-corrected chi connectivity index (χ0v) is 28.4. The monoisotopic (exact) mass is 676 g/mol. The summed E-state index contributed by atoms with van der Waals surface area (Å²) in [5.41, 5.74) is -5.12. The summed E-state index contributed by atoms with van der Waals surface area (Å²) in [7, 11) is 0. The van der Waals surface area contributed by atoms with Crippen LogP contribution in [0.25, 0.3) is 0 Å². The van der Waals surface area contributed by atoms with Crippen molar-refractivity contribution in [3.63, 3.8) is 0 Å². The number of ketones is 1. The number of hydrogen-bond donors (Lipinski definition) is 3. The minimum atomic E-state index is -2.11. The molecule has 1 heterocycles. The Labute approximate surface area is 285 Å². The van der Waals surface area contributed by atoms with E-state index in [-0.39, 0.29) is 37.0 Å². The molecule has 4 aliphatic rings. The van der Waals surface area contributed by atoms with Crippen LogP contribution in [-0.4, -0.2) is 87.3 Å². The number of hydrogen-bond acceptors (Lipinski definition) is 11. The molecular formula is C38H44O11. The molecule has 3 N–H and O–H groups in total. The van der Waals surface area contributed by atoms with Crippen LogP contribution in [-0.2, 0) is 39.8 Å². The van der Waals surface area contributed by atoms with E-state index in [0.29, 0.717) is 17.6 Å². The Morgan fingerprint density at radius 1 is 1.00 bits per heavy atom. The molecule has 3 fully saturated rings. The first-order valence-electron chi connectivity index (χ1n) is 16.7. The fourth-order valence-electron chi connectivity index (χ4n) is 8.93. The molecule has 0 radical (unpaired) electrons. The predicted octanol–water partition coefficient (Wildman–Crippen LogP) is 3.27. The van der Waals surface area contributed by atoms with Gasteiger partial charge in [0.25, 0.3) is 0 Å². The van der Waals surface area contributed by atoms with Crippen molar-refractivity contribution in [1.29, 1.82) is 0 Å². The second kappa shape index (κ2) is 12.5. The fraction of sp³-hybridized carbons (Fsp3) is 0.526. The molecule has 2 bridgehead atoms. The lowest BCUT2D eigenvalue weighted by atomic mass is 9.45. The number of carbonyl (C=O) groups is 4. The van der Waals surface area contributed by atoms with Crippen molar-refractivity contribution in [1.82, 2.24) is 0 Å². The van der Waals surface area contributed by atoms with Crippen LogP contribution in [0.1, 0.15) is 69.8 Å². The molecule has 49 heavy (non-hydrogen) atoms. The highest BCUT2D eigenvalue weighted by molar-refractivity contribution is 5.93. The van der Waals surface area contributed by atoms with Gasteiger partial charge in [0.15, 0.2) is 17.5 Å². The summed E-state index contributed by atoms with van der Waals surface area (Å²) in [4.78, 5) is 54.7. The maximum absolute atomic E-state index is 14.7. The second-order valence-corrected chi connectivity index (χ2v) is 14.7. The normalized spacial score (nSPS) is 35.3. The average molecular weight is 677 g/mol. The van der Waals surface area contributed by atoms with Gasteiger partial charge in [0.1, 0.15) is 30.0 Å². The molecule has 2 aromatic carbocycles. The van der Waals surface area contributed by atoms with Gasteiger partial charge in [0, 0.05) is 30.6 Å². The van der Waals surface area contributed by atoms with Gasteiger partial charge < -0.3 is 34.3 Å². The predicted molar refractivity (Wildman–Crippen MR) is 174 cm³/mol. The van der Waals surface area contributed by atoms with Crippen LogP contribution >= 0.6 is 0 Å². The lowest BCUT2D eigenvalue weighted by Gasteiger charge is -2.66. The van der Waals surface area contributed by atoms with E-state index >= 15 is 0 Å². The Morgan fingerprint density at radius 3 is 2.22 bits per heavy atom. The van der Waals surface area contributed by atoms with Gasteiger partial charge in [-0.15, -0.1) is 0 Å². The van der Waals surface area contributed by atoms with Crippen molar-refractivity contribution in [3.05, 3.63) is 82.9 Å². The lowest BCUT2D eigenvalue weighted by Crippen LogP contribution is -2.79. The summed E-state index contributed by atoms with van der Waals surface area (Å²) in [6, 6.07) is 17.1. The maximum Gasteiger partial charge on any atom is 0.338 e. The fourth-order valence-corrected chi connectivity index (χ4v) is 8.93. The number of fused-ring (bicyclic) bond motifs is 5. The minimum absolute atomic E-state index is 0.0249. The molecule has 0 spiro atoms. The topological polar surface area (TPSA) is 166 Å². The smallest absolute Gasteiger partial charge is 0.338 e. The van der Waals surface area contributed by atoms with Crippen molar-refractivity contribution >= 4 is 23.7 Å². The van der Waals surface area contributed by atoms with E-state index < -0.39 is 82.2 Å². The van der Waals surface area contributed by atoms with Crippen molar-refractivity contribution < 1.29 is 53.4 Å². The molecule has 0 aromatic heterocycles. The van der Waals surface area contributed by atoms with Crippen molar-refractivity contribution in [3.8, 4) is 0 Å². The SMILES string of the molecule is CC(=O)O[C@@]12CO[C@@H]1CC[C@@]1(C)C(=O)[C@H](O)C3=C(C)C(OC(=O)[C@H](O)Cc4ccccc4)C[C@@](O)([C@@H](OC(=O)c4ccccc4)C12)C3(C)C. The van der Waals surface area contributed by atoms with E-state index in [2.05, 4.69) is 0 Å². The number of rotatable bonds is 7. The first-order chi connectivity index (χ1) is 23.1. The Hall–Kier alpha value is -3.90. The first-order valence-corrected chi connectivity index (χ1v) is 16.7. The van der Waals surface area contributed by atoms with Crippen molar-refractivity contribution in [2.75, 3.05) is 6.61 Å². The highest BCUT2D eigenvalue weighted by atomic mass is 16.6. The molecule has 2 aromatic rings. The number of esters is 3. The molecule has 2 unspecified atom stereocenters. The molecule has 9 atom stereocenters. The average Bonchev–Trinajstić information content (AvgIpc) is 3.05. The third-order valence-electron chi connectivity index (χ3n) is 11.6. The van der Waals surface area contributed by atoms with Gasteiger partial charge in [-0.3, -0.25) is 9.59 Å². The summed E-state index contributed by atoms with van der Waals surface area (Å²) in [6.45, 7) is 7.68. The third kappa shape index (κ3) is 5.51. The van der Waals surface area contributed by atoms with Crippen LogP contribution in [0.4, 0.5) is 0 Å². The molecule has 0 amide bonds. The Bertz CT molecular complexity index is 1670. The Kier molecular flexibility index (Phi) is 8.88. The molecule has 1 saturated heterocycles. The zero-order chi connectivity index (χ0) is 35.5. The molecule has 3 aliphatic carbocycles. The van der Waals surface area contributed by atoms with E-state index in [9.17, 15) is 34.5 Å². The van der Waals surface area contributed by atoms with Crippen LogP contribution in [0, 0.1) is 16.7 Å². The number of carbonyl (C=O) groups excluding carboxylic acids is 4. The summed E-state index contributed by atoms with van der Waals surface area (Å²) in [6.07, 6.45) is -6.55.